The number of carbonyl (C=O) groups is 1. The van der Waals surface area contributed by atoms with Gasteiger partial charge in [0.25, 0.3) is 5.91 Å². The highest BCUT2D eigenvalue weighted by molar-refractivity contribution is 6.30. The lowest BCUT2D eigenvalue weighted by Gasteiger charge is -2.10. The van der Waals surface area contributed by atoms with Crippen LogP contribution >= 0.6 is 11.6 Å². The van der Waals surface area contributed by atoms with Crippen LogP contribution in [-0.4, -0.2) is 24.8 Å². The molecule has 0 aliphatic heterocycles. The largest absolute Gasteiger partial charge is 0.484 e. The number of hydrogen-bond acceptors (Lipinski definition) is 4. The molecule has 0 radical (unpaired) electrons. The zero-order valence-electron chi connectivity index (χ0n) is 13.2. The molecule has 0 aliphatic rings. The standard InChI is InChI=1S/C17H15ClF2N2O3/c1-11(14-4-2-3-5-15(14)25-17(19)20)21-22-16(23)10-24-13-8-6-12(18)7-9-13/h2-9,17H,10H2,1H3,(H,22,23)/b21-11-. The number of hydrogen-bond donors (Lipinski definition) is 1. The average Bonchev–Trinajstić information content (AvgIpc) is 2.59. The van der Waals surface area contributed by atoms with Crippen LogP contribution in [0.2, 0.25) is 5.02 Å². The zero-order valence-corrected chi connectivity index (χ0v) is 14.0. The molecule has 132 valence electrons. The Morgan fingerprint density at radius 2 is 1.88 bits per heavy atom. The number of hydrazone groups is 1. The number of carbonyl (C=O) groups excluding carboxylic acids is 1. The molecular formula is C17H15ClF2N2O3. The lowest BCUT2D eigenvalue weighted by Crippen LogP contribution is -2.25. The van der Waals surface area contributed by atoms with Gasteiger partial charge in [0.05, 0.1) is 5.71 Å². The van der Waals surface area contributed by atoms with Crippen molar-refractivity contribution in [2.24, 2.45) is 5.10 Å². The number of halogens is 3. The van der Waals surface area contributed by atoms with Gasteiger partial charge in [0.15, 0.2) is 6.61 Å². The van der Waals surface area contributed by atoms with E-state index in [9.17, 15) is 13.6 Å². The summed E-state index contributed by atoms with van der Waals surface area (Å²) < 4.78 is 34.5. The number of nitrogens with zero attached hydrogens (tertiary/aromatic N) is 1. The topological polar surface area (TPSA) is 59.9 Å². The Morgan fingerprint density at radius 3 is 2.56 bits per heavy atom. The molecule has 0 unspecified atom stereocenters. The maximum atomic E-state index is 12.4. The van der Waals surface area contributed by atoms with Crippen LogP contribution in [0.5, 0.6) is 11.5 Å². The van der Waals surface area contributed by atoms with Crippen LogP contribution < -0.4 is 14.9 Å². The Balaban J connectivity index is 1.94. The van der Waals surface area contributed by atoms with Gasteiger partial charge < -0.3 is 9.47 Å². The van der Waals surface area contributed by atoms with Gasteiger partial charge in [-0.05, 0) is 43.3 Å². The van der Waals surface area contributed by atoms with Crippen molar-refractivity contribution in [1.29, 1.82) is 0 Å². The highest BCUT2D eigenvalue weighted by atomic mass is 35.5. The highest BCUT2D eigenvalue weighted by Crippen LogP contribution is 2.21. The van der Waals surface area contributed by atoms with Crippen molar-refractivity contribution in [2.75, 3.05) is 6.61 Å². The maximum absolute atomic E-state index is 12.4. The molecular weight excluding hydrogens is 354 g/mol. The first kappa shape index (κ1) is 18.7. The van der Waals surface area contributed by atoms with E-state index in [2.05, 4.69) is 15.3 Å². The summed E-state index contributed by atoms with van der Waals surface area (Å²) in [6, 6.07) is 12.7. The Kier molecular flexibility index (Phi) is 6.71. The SMILES string of the molecule is C/C(=N/NC(=O)COc1ccc(Cl)cc1)c1ccccc1OC(F)F. The first-order chi connectivity index (χ1) is 12.0. The molecule has 0 fully saturated rings. The van der Waals surface area contributed by atoms with Crippen molar-refractivity contribution in [1.82, 2.24) is 5.43 Å². The number of alkyl halides is 2. The van der Waals surface area contributed by atoms with Gasteiger partial charge in [0.1, 0.15) is 11.5 Å². The van der Waals surface area contributed by atoms with E-state index in [1.165, 1.54) is 6.07 Å². The Labute approximate surface area is 148 Å². The Bertz CT molecular complexity index is 752. The van der Waals surface area contributed by atoms with E-state index in [4.69, 9.17) is 16.3 Å². The van der Waals surface area contributed by atoms with E-state index in [0.717, 1.165) is 0 Å². The molecule has 0 atom stereocenters. The minimum absolute atomic E-state index is 0.0228. The van der Waals surface area contributed by atoms with Crippen molar-refractivity contribution < 1.29 is 23.0 Å². The number of amides is 1. The van der Waals surface area contributed by atoms with E-state index >= 15 is 0 Å². The lowest BCUT2D eigenvalue weighted by atomic mass is 10.1. The molecule has 2 aromatic rings. The second-order valence-corrected chi connectivity index (χ2v) is 5.29. The smallest absolute Gasteiger partial charge is 0.387 e. The van der Waals surface area contributed by atoms with Gasteiger partial charge in [-0.2, -0.15) is 13.9 Å². The van der Waals surface area contributed by atoms with Crippen LogP contribution in [0.25, 0.3) is 0 Å². The highest BCUT2D eigenvalue weighted by Gasteiger charge is 2.11. The number of benzene rings is 2. The fraction of sp³-hybridized carbons (Fsp3) is 0.176. The zero-order chi connectivity index (χ0) is 18.2. The predicted octanol–water partition coefficient (Wildman–Crippen LogP) is 3.86. The second-order valence-electron chi connectivity index (χ2n) is 4.85. The number of ether oxygens (including phenoxy) is 2. The lowest BCUT2D eigenvalue weighted by molar-refractivity contribution is -0.123. The molecule has 0 saturated carbocycles. The quantitative estimate of drug-likeness (QED) is 0.596. The molecule has 2 rings (SSSR count). The maximum Gasteiger partial charge on any atom is 0.387 e. The van der Waals surface area contributed by atoms with Crippen LogP contribution in [0.3, 0.4) is 0 Å². The predicted molar refractivity (Wildman–Crippen MR) is 90.4 cm³/mol. The van der Waals surface area contributed by atoms with Gasteiger partial charge in [-0.15, -0.1) is 0 Å². The molecule has 25 heavy (non-hydrogen) atoms. The third-order valence-corrected chi connectivity index (χ3v) is 3.28. The molecule has 0 saturated heterocycles. The molecule has 0 spiro atoms. The third-order valence-electron chi connectivity index (χ3n) is 3.02. The molecule has 0 heterocycles. The summed E-state index contributed by atoms with van der Waals surface area (Å²) in [5, 5.41) is 4.44. The second kappa shape index (κ2) is 8.98. The van der Waals surface area contributed by atoms with Gasteiger partial charge in [0.2, 0.25) is 0 Å². The third kappa shape index (κ3) is 6.04. The molecule has 1 N–H and O–H groups in total. The van der Waals surface area contributed by atoms with Crippen molar-refractivity contribution in [3.8, 4) is 11.5 Å². The van der Waals surface area contributed by atoms with Crippen LogP contribution in [0.1, 0.15) is 12.5 Å². The average molecular weight is 369 g/mol. The summed E-state index contributed by atoms with van der Waals surface area (Å²) in [7, 11) is 0. The van der Waals surface area contributed by atoms with Gasteiger partial charge in [-0.1, -0.05) is 23.7 Å². The molecule has 8 heteroatoms. The molecule has 0 aliphatic carbocycles. The van der Waals surface area contributed by atoms with Crippen molar-refractivity contribution in [3.63, 3.8) is 0 Å². The first-order valence-corrected chi connectivity index (χ1v) is 7.59. The van der Waals surface area contributed by atoms with Crippen LogP contribution in [0.4, 0.5) is 8.78 Å². The normalized spacial score (nSPS) is 11.3. The summed E-state index contributed by atoms with van der Waals surface area (Å²) in [4.78, 5) is 11.8. The summed E-state index contributed by atoms with van der Waals surface area (Å²) in [5.74, 6) is -0.0390. The molecule has 0 bridgehead atoms. The first-order valence-electron chi connectivity index (χ1n) is 7.21. The van der Waals surface area contributed by atoms with E-state index in [-0.39, 0.29) is 12.4 Å². The summed E-state index contributed by atoms with van der Waals surface area (Å²) in [6.07, 6.45) is 0. The van der Waals surface area contributed by atoms with Crippen LogP contribution in [-0.2, 0) is 4.79 Å². The number of nitrogens with one attached hydrogen (secondary N) is 1. The number of rotatable bonds is 7. The molecule has 1 amide bonds. The summed E-state index contributed by atoms with van der Waals surface area (Å²) in [5.41, 5.74) is 2.96. The van der Waals surface area contributed by atoms with Gasteiger partial charge in [-0.25, -0.2) is 5.43 Å². The van der Waals surface area contributed by atoms with Crippen molar-refractivity contribution in [2.45, 2.75) is 13.5 Å². The Morgan fingerprint density at radius 1 is 1.20 bits per heavy atom. The van der Waals surface area contributed by atoms with E-state index < -0.39 is 12.5 Å². The fourth-order valence-corrected chi connectivity index (χ4v) is 2.01. The summed E-state index contributed by atoms with van der Waals surface area (Å²) in [6.45, 7) is -1.64. The molecule has 0 aromatic heterocycles. The van der Waals surface area contributed by atoms with Crippen LogP contribution in [0.15, 0.2) is 53.6 Å². The van der Waals surface area contributed by atoms with E-state index in [0.29, 0.717) is 22.0 Å². The van der Waals surface area contributed by atoms with Crippen molar-refractivity contribution in [3.05, 3.63) is 59.1 Å². The minimum atomic E-state index is -2.95. The summed E-state index contributed by atoms with van der Waals surface area (Å²) >= 11 is 5.75. The molecule has 5 nitrogen and oxygen atoms in total. The van der Waals surface area contributed by atoms with Gasteiger partial charge >= 0.3 is 6.61 Å². The molecule has 2 aromatic carbocycles. The monoisotopic (exact) mass is 368 g/mol. The van der Waals surface area contributed by atoms with E-state index in [1.807, 2.05) is 0 Å². The van der Waals surface area contributed by atoms with Crippen LogP contribution in [0, 0.1) is 0 Å². The Hall–Kier alpha value is -2.67. The van der Waals surface area contributed by atoms with E-state index in [1.54, 1.807) is 49.4 Å². The fourth-order valence-electron chi connectivity index (χ4n) is 1.88. The van der Waals surface area contributed by atoms with Gasteiger partial charge in [-0.3, -0.25) is 4.79 Å². The minimum Gasteiger partial charge on any atom is -0.484 e. The van der Waals surface area contributed by atoms with Crippen molar-refractivity contribution >= 4 is 23.2 Å². The number of para-hydroxylation sites is 1. The van der Waals surface area contributed by atoms with Gasteiger partial charge in [0, 0.05) is 10.6 Å².